The average Bonchev–Trinajstić information content (AvgIpc) is 2.61. The van der Waals surface area contributed by atoms with Gasteiger partial charge in [-0.3, -0.25) is 0 Å². The molecule has 2 nitrogen and oxygen atoms in total. The summed E-state index contributed by atoms with van der Waals surface area (Å²) in [6, 6.07) is 5.04. The van der Waals surface area contributed by atoms with Crippen LogP contribution in [0.25, 0.3) is 0 Å². The maximum absolute atomic E-state index is 13.0. The Morgan fingerprint density at radius 2 is 1.65 bits per heavy atom. The lowest BCUT2D eigenvalue weighted by Crippen LogP contribution is -2.13. The zero-order chi connectivity index (χ0) is 15.1. The molecule has 0 fully saturated rings. The first kappa shape index (κ1) is 14.7. The molecule has 1 aromatic heterocycles. The number of rotatable bonds is 2. The molecule has 5 heteroatoms. The molecule has 0 saturated carbocycles. The molecule has 2 aromatic rings. The fourth-order valence-electron chi connectivity index (χ4n) is 2.36. The molecule has 1 N–H and O–H groups in total. The van der Waals surface area contributed by atoms with Crippen LogP contribution in [0.15, 0.2) is 28.7 Å². The second-order valence-corrected chi connectivity index (χ2v) is 4.74. The number of hydrogen-bond donors (Lipinski definition) is 1. The number of aliphatic hydroxyl groups is 1. The third-order valence-electron chi connectivity index (χ3n) is 3.45. The molecule has 1 atom stereocenters. The number of aliphatic hydroxyl groups excluding tert-OH is 1. The summed E-state index contributed by atoms with van der Waals surface area (Å²) >= 11 is 0. The van der Waals surface area contributed by atoms with E-state index in [0.717, 1.165) is 6.07 Å². The average molecular weight is 284 g/mol. The minimum absolute atomic E-state index is 0.160. The van der Waals surface area contributed by atoms with Crippen molar-refractivity contribution in [1.29, 1.82) is 0 Å². The number of hydrogen-bond acceptors (Lipinski definition) is 2. The van der Waals surface area contributed by atoms with Crippen LogP contribution in [0.2, 0.25) is 0 Å². The lowest BCUT2D eigenvalue weighted by molar-refractivity contribution is -0.139. The molecule has 0 saturated heterocycles. The van der Waals surface area contributed by atoms with Gasteiger partial charge in [-0.15, -0.1) is 0 Å². The Morgan fingerprint density at radius 1 is 1.05 bits per heavy atom. The molecular weight excluding hydrogens is 269 g/mol. The highest BCUT2D eigenvalue weighted by atomic mass is 19.4. The number of benzene rings is 1. The summed E-state index contributed by atoms with van der Waals surface area (Å²) < 4.78 is 44.4. The van der Waals surface area contributed by atoms with Gasteiger partial charge in [0.25, 0.3) is 0 Å². The standard InChI is InChI=1S/C15H15F3O2/c1-8-9(2)20-10(3)13(8)14(19)11-6-4-5-7-12(11)15(16,17)18/h4-7,14,19H,1-3H3. The van der Waals surface area contributed by atoms with Crippen LogP contribution in [0, 0.1) is 20.8 Å². The van der Waals surface area contributed by atoms with Gasteiger partial charge >= 0.3 is 6.18 Å². The molecule has 0 aliphatic carbocycles. The predicted molar refractivity (Wildman–Crippen MR) is 68.4 cm³/mol. The van der Waals surface area contributed by atoms with Crippen LogP contribution in [0.4, 0.5) is 13.2 Å². The molecule has 0 aliphatic heterocycles. The van der Waals surface area contributed by atoms with Gasteiger partial charge in [0.05, 0.1) is 5.56 Å². The van der Waals surface area contributed by atoms with E-state index in [9.17, 15) is 18.3 Å². The Morgan fingerprint density at radius 3 is 2.15 bits per heavy atom. The van der Waals surface area contributed by atoms with Crippen molar-refractivity contribution in [3.63, 3.8) is 0 Å². The van der Waals surface area contributed by atoms with Gasteiger partial charge in [0.1, 0.15) is 17.6 Å². The Labute approximate surface area is 114 Å². The number of aryl methyl sites for hydroxylation is 2. The van der Waals surface area contributed by atoms with Gasteiger partial charge in [0.2, 0.25) is 0 Å². The summed E-state index contributed by atoms with van der Waals surface area (Å²) in [7, 11) is 0. The summed E-state index contributed by atoms with van der Waals surface area (Å²) in [6.45, 7) is 5.07. The molecular formula is C15H15F3O2. The van der Waals surface area contributed by atoms with Crippen molar-refractivity contribution >= 4 is 0 Å². The highest BCUT2D eigenvalue weighted by Gasteiger charge is 2.36. The van der Waals surface area contributed by atoms with Crippen molar-refractivity contribution in [3.05, 3.63) is 58.0 Å². The topological polar surface area (TPSA) is 33.4 Å². The minimum atomic E-state index is -4.50. The molecule has 0 spiro atoms. The van der Waals surface area contributed by atoms with Gasteiger partial charge in [-0.25, -0.2) is 0 Å². The molecule has 0 aliphatic rings. The quantitative estimate of drug-likeness (QED) is 0.891. The van der Waals surface area contributed by atoms with Crippen LogP contribution in [0.3, 0.4) is 0 Å². The van der Waals surface area contributed by atoms with E-state index in [0.29, 0.717) is 22.6 Å². The minimum Gasteiger partial charge on any atom is -0.466 e. The van der Waals surface area contributed by atoms with Crippen molar-refractivity contribution in [2.24, 2.45) is 0 Å². The van der Waals surface area contributed by atoms with Crippen molar-refractivity contribution < 1.29 is 22.7 Å². The van der Waals surface area contributed by atoms with Crippen LogP contribution in [0.5, 0.6) is 0 Å². The van der Waals surface area contributed by atoms with Gasteiger partial charge < -0.3 is 9.52 Å². The van der Waals surface area contributed by atoms with E-state index in [4.69, 9.17) is 4.42 Å². The molecule has 0 bridgehead atoms. The fraction of sp³-hybridized carbons (Fsp3) is 0.333. The van der Waals surface area contributed by atoms with E-state index in [-0.39, 0.29) is 5.56 Å². The summed E-state index contributed by atoms with van der Waals surface area (Å²) in [6.07, 6.45) is -5.86. The maximum Gasteiger partial charge on any atom is 0.416 e. The van der Waals surface area contributed by atoms with Gasteiger partial charge in [-0.05, 0) is 38.0 Å². The van der Waals surface area contributed by atoms with Crippen LogP contribution in [0.1, 0.15) is 39.9 Å². The van der Waals surface area contributed by atoms with Gasteiger partial charge in [0.15, 0.2) is 0 Å². The smallest absolute Gasteiger partial charge is 0.416 e. The lowest BCUT2D eigenvalue weighted by atomic mass is 9.94. The van der Waals surface area contributed by atoms with Crippen LogP contribution < -0.4 is 0 Å². The van der Waals surface area contributed by atoms with Crippen LogP contribution in [-0.4, -0.2) is 5.11 Å². The molecule has 20 heavy (non-hydrogen) atoms. The first-order chi connectivity index (χ1) is 9.23. The maximum atomic E-state index is 13.0. The molecule has 1 aromatic carbocycles. The Kier molecular flexibility index (Phi) is 3.65. The Bertz CT molecular complexity index is 627. The van der Waals surface area contributed by atoms with Crippen molar-refractivity contribution in [1.82, 2.24) is 0 Å². The molecule has 1 heterocycles. The largest absolute Gasteiger partial charge is 0.466 e. The highest BCUT2D eigenvalue weighted by molar-refractivity contribution is 5.42. The zero-order valence-corrected chi connectivity index (χ0v) is 11.4. The van der Waals surface area contributed by atoms with Crippen LogP contribution in [-0.2, 0) is 6.18 Å². The second kappa shape index (κ2) is 4.98. The normalized spacial score (nSPS) is 13.6. The lowest BCUT2D eigenvalue weighted by Gasteiger charge is -2.18. The van der Waals surface area contributed by atoms with Crippen LogP contribution >= 0.6 is 0 Å². The fourth-order valence-corrected chi connectivity index (χ4v) is 2.36. The van der Waals surface area contributed by atoms with Gasteiger partial charge in [-0.2, -0.15) is 13.2 Å². The van der Waals surface area contributed by atoms with Gasteiger partial charge in [-0.1, -0.05) is 18.2 Å². The first-order valence-electron chi connectivity index (χ1n) is 6.14. The SMILES string of the molecule is Cc1oc(C)c(C(O)c2ccccc2C(F)(F)F)c1C. The number of halogens is 3. The molecule has 0 radical (unpaired) electrons. The van der Waals surface area contributed by atoms with E-state index in [2.05, 4.69) is 0 Å². The van der Waals surface area contributed by atoms with E-state index < -0.39 is 17.8 Å². The van der Waals surface area contributed by atoms with E-state index in [1.165, 1.54) is 18.2 Å². The van der Waals surface area contributed by atoms with Crippen molar-refractivity contribution in [2.45, 2.75) is 33.1 Å². The first-order valence-corrected chi connectivity index (χ1v) is 6.14. The third-order valence-corrected chi connectivity index (χ3v) is 3.45. The molecule has 0 amide bonds. The summed E-state index contributed by atoms with van der Waals surface area (Å²) in [5.74, 6) is 1.03. The van der Waals surface area contributed by atoms with Gasteiger partial charge in [0, 0.05) is 5.56 Å². The number of alkyl halides is 3. The second-order valence-electron chi connectivity index (χ2n) is 4.74. The Hall–Kier alpha value is -1.75. The molecule has 108 valence electrons. The zero-order valence-electron chi connectivity index (χ0n) is 11.4. The summed E-state index contributed by atoms with van der Waals surface area (Å²) in [5, 5.41) is 10.4. The predicted octanol–water partition coefficient (Wildman–Crippen LogP) is 4.31. The monoisotopic (exact) mass is 284 g/mol. The third kappa shape index (κ3) is 2.45. The summed E-state index contributed by atoms with van der Waals surface area (Å²) in [4.78, 5) is 0. The molecule has 2 rings (SSSR count). The van der Waals surface area contributed by atoms with Crippen molar-refractivity contribution in [3.8, 4) is 0 Å². The molecule has 1 unspecified atom stereocenters. The number of furan rings is 1. The van der Waals surface area contributed by atoms with E-state index in [1.54, 1.807) is 20.8 Å². The Balaban J connectivity index is 2.57. The van der Waals surface area contributed by atoms with E-state index in [1.807, 2.05) is 0 Å². The van der Waals surface area contributed by atoms with E-state index >= 15 is 0 Å². The highest BCUT2D eigenvalue weighted by Crippen LogP contribution is 2.38. The van der Waals surface area contributed by atoms with Crippen molar-refractivity contribution in [2.75, 3.05) is 0 Å². The summed E-state index contributed by atoms with van der Waals surface area (Å²) in [5.41, 5.74) is 0.0864.